The quantitative estimate of drug-likeness (QED) is 0.330. The number of halogens is 1. The molecule has 2 aromatic carbocycles. The normalized spacial score (nSPS) is 11.6. The molecule has 0 aliphatic heterocycles. The second-order valence-corrected chi connectivity index (χ2v) is 8.83. The van der Waals surface area contributed by atoms with Gasteiger partial charge in [0.05, 0.1) is 17.5 Å². The van der Waals surface area contributed by atoms with E-state index in [4.69, 9.17) is 16.3 Å². The van der Waals surface area contributed by atoms with Gasteiger partial charge >= 0.3 is 0 Å². The summed E-state index contributed by atoms with van der Waals surface area (Å²) in [5.41, 5.74) is 1.70. The third-order valence-corrected chi connectivity index (χ3v) is 6.36. The lowest BCUT2D eigenvalue weighted by Crippen LogP contribution is -2.13. The summed E-state index contributed by atoms with van der Waals surface area (Å²) in [7, 11) is 0. The minimum atomic E-state index is -0.920. The summed E-state index contributed by atoms with van der Waals surface area (Å²) >= 11 is 8.33. The van der Waals surface area contributed by atoms with Gasteiger partial charge in [0.15, 0.2) is 17.5 Å². The van der Waals surface area contributed by atoms with E-state index in [-0.39, 0.29) is 18.1 Å². The highest BCUT2D eigenvalue weighted by atomic mass is 35.5. The van der Waals surface area contributed by atoms with Gasteiger partial charge in [-0.1, -0.05) is 53.7 Å². The Morgan fingerprint density at radius 1 is 1.19 bits per heavy atom. The van der Waals surface area contributed by atoms with Crippen LogP contribution in [0.3, 0.4) is 0 Å². The number of nitrogens with one attached hydrogen (secondary N) is 1. The molecule has 0 amide bonds. The Labute approximate surface area is 197 Å². The van der Waals surface area contributed by atoms with Gasteiger partial charge in [0.1, 0.15) is 17.4 Å². The molecule has 7 nitrogen and oxygen atoms in total. The minimum absolute atomic E-state index is 0.0633. The van der Waals surface area contributed by atoms with Crippen molar-refractivity contribution >= 4 is 40.5 Å². The maximum absolute atomic E-state index is 12.7. The Hall–Kier alpha value is -3.19. The van der Waals surface area contributed by atoms with Crippen LogP contribution in [0.2, 0.25) is 5.02 Å². The molecule has 2 aromatic heterocycles. The second-order valence-electron chi connectivity index (χ2n) is 6.56. The predicted octanol–water partition coefficient (Wildman–Crippen LogP) is 5.13. The van der Waals surface area contributed by atoms with Crippen molar-refractivity contribution in [2.24, 2.45) is 0 Å². The molecule has 4 aromatic rings. The van der Waals surface area contributed by atoms with Crippen molar-refractivity contribution in [3.8, 4) is 23.1 Å². The number of ketones is 1. The number of aromatic nitrogens is 4. The third kappa shape index (κ3) is 5.53. The Balaban J connectivity index is 1.32. The number of benzene rings is 2. The van der Waals surface area contributed by atoms with Crippen LogP contribution < -0.4 is 4.74 Å². The summed E-state index contributed by atoms with van der Waals surface area (Å²) < 4.78 is 5.62. The number of thiazole rings is 1. The van der Waals surface area contributed by atoms with E-state index in [0.29, 0.717) is 26.8 Å². The molecule has 1 atom stereocenters. The number of nitrogens with zero attached hydrogens (tertiary/aromatic N) is 4. The first kappa shape index (κ1) is 22.0. The molecule has 1 unspecified atom stereocenters. The molecular formula is C22H16ClN5O2S2. The molecule has 0 fully saturated rings. The summed E-state index contributed by atoms with van der Waals surface area (Å²) in [6.07, 6.45) is 0. The topological polar surface area (TPSA) is 105 Å². The van der Waals surface area contributed by atoms with E-state index in [1.807, 2.05) is 35.7 Å². The monoisotopic (exact) mass is 481 g/mol. The van der Waals surface area contributed by atoms with E-state index in [1.165, 1.54) is 11.3 Å². The highest BCUT2D eigenvalue weighted by Crippen LogP contribution is 2.28. The largest absolute Gasteiger partial charge is 0.486 e. The van der Waals surface area contributed by atoms with Crippen LogP contribution in [0.1, 0.15) is 16.7 Å². The molecule has 0 spiro atoms. The van der Waals surface area contributed by atoms with Crippen molar-refractivity contribution < 1.29 is 9.53 Å². The van der Waals surface area contributed by atoms with Gasteiger partial charge in [-0.15, -0.1) is 16.4 Å². The third-order valence-electron chi connectivity index (χ3n) is 4.33. The fourth-order valence-electron chi connectivity index (χ4n) is 2.74. The summed E-state index contributed by atoms with van der Waals surface area (Å²) in [5.74, 6) is 0.0877. The Morgan fingerprint density at radius 3 is 2.72 bits per heavy atom. The van der Waals surface area contributed by atoms with Crippen LogP contribution in [0.15, 0.2) is 65.1 Å². The number of rotatable bonds is 9. The van der Waals surface area contributed by atoms with Crippen LogP contribution in [-0.4, -0.2) is 31.7 Å². The highest BCUT2D eigenvalue weighted by Gasteiger charge is 2.24. The van der Waals surface area contributed by atoms with Gasteiger partial charge in [0.25, 0.3) is 0 Å². The molecule has 0 radical (unpaired) electrons. The summed E-state index contributed by atoms with van der Waals surface area (Å²) in [4.78, 5) is 21.5. The van der Waals surface area contributed by atoms with Crippen molar-refractivity contribution in [3.05, 3.63) is 75.8 Å². The Kier molecular flexibility index (Phi) is 7.17. The van der Waals surface area contributed by atoms with Gasteiger partial charge in [-0.3, -0.25) is 9.89 Å². The maximum atomic E-state index is 12.7. The minimum Gasteiger partial charge on any atom is -0.486 e. The fourth-order valence-corrected chi connectivity index (χ4v) is 4.48. The van der Waals surface area contributed by atoms with Crippen molar-refractivity contribution in [3.63, 3.8) is 0 Å². The molecule has 0 aliphatic carbocycles. The molecule has 0 saturated carbocycles. The lowest BCUT2D eigenvalue weighted by molar-refractivity contribution is -0.116. The summed E-state index contributed by atoms with van der Waals surface area (Å²) in [5, 5.41) is 19.8. The van der Waals surface area contributed by atoms with Gasteiger partial charge in [-0.25, -0.2) is 9.97 Å². The van der Waals surface area contributed by atoms with Crippen molar-refractivity contribution in [1.29, 1.82) is 5.26 Å². The number of hydrogen-bond donors (Lipinski definition) is 1. The molecule has 4 rings (SSSR count). The average molecular weight is 482 g/mol. The number of hydrogen-bond acceptors (Lipinski definition) is 8. The molecule has 2 heterocycles. The van der Waals surface area contributed by atoms with Crippen LogP contribution in [0.4, 0.5) is 0 Å². The van der Waals surface area contributed by atoms with E-state index in [0.717, 1.165) is 23.0 Å². The molecule has 10 heteroatoms. The molecule has 0 bridgehead atoms. The number of H-pyrrole nitrogens is 1. The first-order chi connectivity index (χ1) is 15.6. The van der Waals surface area contributed by atoms with Crippen molar-refractivity contribution in [2.75, 3.05) is 5.75 Å². The molecule has 0 aliphatic rings. The van der Waals surface area contributed by atoms with Crippen LogP contribution in [0.25, 0.3) is 11.3 Å². The number of carbonyl (C=O) groups excluding carboxylic acids is 1. The first-order valence-electron chi connectivity index (χ1n) is 9.48. The Morgan fingerprint density at radius 2 is 1.97 bits per heavy atom. The number of aromatic amines is 1. The molecule has 1 N–H and O–H groups in total. The standard InChI is InChI=1S/C22H16ClN5O2S2/c23-15-6-8-16(9-7-15)30-11-20-26-22(28-27-20)32-13-19(29)17(10-24)21-25-18(12-31-21)14-4-2-1-3-5-14/h1-9,12,17H,11,13H2,(H,26,27,28). The summed E-state index contributed by atoms with van der Waals surface area (Å²) in [6.45, 7) is 0.200. The zero-order valence-electron chi connectivity index (χ0n) is 16.6. The smallest absolute Gasteiger partial charge is 0.208 e. The highest BCUT2D eigenvalue weighted by molar-refractivity contribution is 7.99. The van der Waals surface area contributed by atoms with E-state index < -0.39 is 5.92 Å². The fraction of sp³-hybridized carbons (Fsp3) is 0.136. The lowest BCUT2D eigenvalue weighted by atomic mass is 10.1. The molecule has 32 heavy (non-hydrogen) atoms. The van der Waals surface area contributed by atoms with Crippen LogP contribution in [0, 0.1) is 11.3 Å². The molecule has 160 valence electrons. The van der Waals surface area contributed by atoms with E-state index in [2.05, 4.69) is 26.2 Å². The van der Waals surface area contributed by atoms with Crippen molar-refractivity contribution in [1.82, 2.24) is 20.2 Å². The number of thioether (sulfide) groups is 1. The van der Waals surface area contributed by atoms with Gasteiger partial charge in [0.2, 0.25) is 5.16 Å². The zero-order chi connectivity index (χ0) is 22.3. The number of ether oxygens (including phenoxy) is 1. The van der Waals surface area contributed by atoms with E-state index in [1.54, 1.807) is 24.3 Å². The van der Waals surface area contributed by atoms with Gasteiger partial charge < -0.3 is 4.74 Å². The molecular weight excluding hydrogens is 466 g/mol. The van der Waals surface area contributed by atoms with Crippen molar-refractivity contribution in [2.45, 2.75) is 17.7 Å². The van der Waals surface area contributed by atoms with Gasteiger partial charge in [0, 0.05) is 16.0 Å². The zero-order valence-corrected chi connectivity index (χ0v) is 19.0. The maximum Gasteiger partial charge on any atom is 0.208 e. The first-order valence-corrected chi connectivity index (χ1v) is 11.7. The SMILES string of the molecule is N#CC(C(=O)CSc1n[nH]c(COc2ccc(Cl)cc2)n1)c1nc(-c2ccccc2)cs1. The predicted molar refractivity (Wildman–Crippen MR) is 124 cm³/mol. The van der Waals surface area contributed by atoms with E-state index in [9.17, 15) is 10.1 Å². The number of nitriles is 1. The number of carbonyl (C=O) groups is 1. The number of Topliss-reactive ketones (excluding diaryl/α,β-unsaturated/α-hetero) is 1. The van der Waals surface area contributed by atoms with E-state index >= 15 is 0 Å². The summed E-state index contributed by atoms with van der Waals surface area (Å²) in [6, 6.07) is 18.7. The Bertz CT molecular complexity index is 1240. The lowest BCUT2D eigenvalue weighted by Gasteiger charge is -2.04. The van der Waals surface area contributed by atoms with Crippen LogP contribution in [0.5, 0.6) is 5.75 Å². The average Bonchev–Trinajstić information content (AvgIpc) is 3.48. The van der Waals surface area contributed by atoms with Gasteiger partial charge in [-0.2, -0.15) is 5.26 Å². The van der Waals surface area contributed by atoms with Crippen LogP contribution >= 0.6 is 34.7 Å². The second kappa shape index (κ2) is 10.4. The van der Waals surface area contributed by atoms with Gasteiger partial charge in [-0.05, 0) is 24.3 Å². The van der Waals surface area contributed by atoms with Crippen LogP contribution in [-0.2, 0) is 11.4 Å². The molecule has 0 saturated heterocycles.